The van der Waals surface area contributed by atoms with Crippen molar-refractivity contribution in [3.8, 4) is 0 Å². The summed E-state index contributed by atoms with van der Waals surface area (Å²) in [5, 5.41) is 6.52. The largest absolute Gasteiger partial charge is 0.325 e. The van der Waals surface area contributed by atoms with Crippen LogP contribution in [0.4, 0.5) is 4.79 Å². The molecule has 2 saturated heterocycles. The Hall–Kier alpha value is -1.59. The number of rotatable bonds is 2. The van der Waals surface area contributed by atoms with E-state index in [1.54, 1.807) is 12.1 Å². The van der Waals surface area contributed by atoms with Crippen molar-refractivity contribution < 1.29 is 9.59 Å². The van der Waals surface area contributed by atoms with E-state index in [4.69, 9.17) is 11.6 Å². The molecule has 6 heteroatoms. The molecular formula is C13H14ClN3O2. The van der Waals surface area contributed by atoms with Gasteiger partial charge in [-0.25, -0.2) is 4.79 Å². The quantitative estimate of drug-likeness (QED) is 0.798. The maximum absolute atomic E-state index is 12.4. The molecule has 1 unspecified atom stereocenters. The summed E-state index contributed by atoms with van der Waals surface area (Å²) in [7, 11) is 0. The van der Waals surface area contributed by atoms with Crippen molar-refractivity contribution in [3.05, 3.63) is 34.9 Å². The summed E-state index contributed by atoms with van der Waals surface area (Å²) >= 11 is 5.91. The van der Waals surface area contributed by atoms with E-state index >= 15 is 0 Å². The van der Waals surface area contributed by atoms with Gasteiger partial charge in [0, 0.05) is 11.6 Å². The molecule has 0 bridgehead atoms. The fourth-order valence-corrected chi connectivity index (χ4v) is 2.83. The highest BCUT2D eigenvalue weighted by molar-refractivity contribution is 6.30. The van der Waals surface area contributed by atoms with Crippen LogP contribution in [-0.4, -0.2) is 35.5 Å². The molecule has 2 N–H and O–H groups in total. The Balaban J connectivity index is 1.82. The van der Waals surface area contributed by atoms with E-state index in [2.05, 4.69) is 10.6 Å². The third-order valence-corrected chi connectivity index (χ3v) is 3.87. The predicted molar refractivity (Wildman–Crippen MR) is 70.8 cm³/mol. The first kappa shape index (κ1) is 12.4. The van der Waals surface area contributed by atoms with Crippen LogP contribution in [-0.2, 0) is 11.3 Å². The molecule has 0 radical (unpaired) electrons. The van der Waals surface area contributed by atoms with Crippen molar-refractivity contribution in [2.75, 3.05) is 13.1 Å². The third-order valence-electron chi connectivity index (χ3n) is 3.63. The van der Waals surface area contributed by atoms with Crippen LogP contribution in [0, 0.1) is 0 Å². The minimum atomic E-state index is -0.740. The topological polar surface area (TPSA) is 61.4 Å². The maximum Gasteiger partial charge on any atom is 0.325 e. The van der Waals surface area contributed by atoms with Crippen LogP contribution in [0.2, 0.25) is 5.02 Å². The van der Waals surface area contributed by atoms with Crippen molar-refractivity contribution in [1.82, 2.24) is 15.5 Å². The summed E-state index contributed by atoms with van der Waals surface area (Å²) in [4.78, 5) is 25.6. The zero-order chi connectivity index (χ0) is 13.5. The van der Waals surface area contributed by atoms with Crippen LogP contribution in [0.1, 0.15) is 12.0 Å². The standard InChI is InChI=1S/C13H14ClN3O2/c14-10-3-1-2-9(6-10)7-17-11(18)13(16-12(17)19)4-5-15-8-13/h1-3,6,15H,4-5,7-8H2,(H,16,19). The number of carbonyl (C=O) groups excluding carboxylic acids is 2. The molecule has 1 aromatic carbocycles. The van der Waals surface area contributed by atoms with E-state index in [0.29, 0.717) is 18.0 Å². The van der Waals surface area contributed by atoms with Gasteiger partial charge in [-0.1, -0.05) is 23.7 Å². The number of halogens is 1. The lowest BCUT2D eigenvalue weighted by molar-refractivity contribution is -0.131. The van der Waals surface area contributed by atoms with Gasteiger partial charge < -0.3 is 10.6 Å². The molecule has 5 nitrogen and oxygen atoms in total. The SMILES string of the molecule is O=C1NC2(CCNC2)C(=O)N1Cc1cccc(Cl)c1. The minimum absolute atomic E-state index is 0.150. The minimum Gasteiger partial charge on any atom is -0.322 e. The van der Waals surface area contributed by atoms with Gasteiger partial charge in [0.15, 0.2) is 0 Å². The molecule has 0 aromatic heterocycles. The summed E-state index contributed by atoms with van der Waals surface area (Å²) in [5.74, 6) is -0.150. The Bertz CT molecular complexity index is 540. The lowest BCUT2D eigenvalue weighted by Gasteiger charge is -2.19. The van der Waals surface area contributed by atoms with Crippen LogP contribution in [0.5, 0.6) is 0 Å². The number of nitrogens with zero attached hydrogens (tertiary/aromatic N) is 1. The smallest absolute Gasteiger partial charge is 0.322 e. The number of hydrogen-bond donors (Lipinski definition) is 2. The van der Waals surface area contributed by atoms with E-state index in [-0.39, 0.29) is 18.5 Å². The highest BCUT2D eigenvalue weighted by atomic mass is 35.5. The molecule has 0 aliphatic carbocycles. The molecule has 2 heterocycles. The summed E-state index contributed by atoms with van der Waals surface area (Å²) < 4.78 is 0. The molecule has 1 atom stereocenters. The zero-order valence-corrected chi connectivity index (χ0v) is 11.0. The summed E-state index contributed by atoms with van der Waals surface area (Å²) in [6.07, 6.45) is 0.642. The van der Waals surface area contributed by atoms with E-state index in [0.717, 1.165) is 12.1 Å². The molecule has 0 saturated carbocycles. The molecule has 19 heavy (non-hydrogen) atoms. The normalized spacial score (nSPS) is 26.3. The molecular weight excluding hydrogens is 266 g/mol. The Kier molecular flexibility index (Phi) is 2.95. The number of carbonyl (C=O) groups is 2. The second kappa shape index (κ2) is 4.51. The van der Waals surface area contributed by atoms with Crippen molar-refractivity contribution >= 4 is 23.5 Å². The fourth-order valence-electron chi connectivity index (χ4n) is 2.62. The second-order valence-corrected chi connectivity index (χ2v) is 5.40. The molecule has 1 spiro atoms. The first-order valence-electron chi connectivity index (χ1n) is 6.20. The Labute approximate surface area is 115 Å². The molecule has 100 valence electrons. The zero-order valence-electron chi connectivity index (χ0n) is 10.3. The van der Waals surface area contributed by atoms with Crippen molar-refractivity contribution in [3.63, 3.8) is 0 Å². The number of amides is 3. The van der Waals surface area contributed by atoms with E-state index in [1.165, 1.54) is 4.90 Å². The first-order chi connectivity index (χ1) is 9.11. The highest BCUT2D eigenvalue weighted by Crippen LogP contribution is 2.26. The van der Waals surface area contributed by atoms with Gasteiger partial charge in [0.25, 0.3) is 5.91 Å². The van der Waals surface area contributed by atoms with E-state index in [9.17, 15) is 9.59 Å². The van der Waals surface area contributed by atoms with Crippen LogP contribution in [0.25, 0.3) is 0 Å². The number of hydrogen-bond acceptors (Lipinski definition) is 3. The van der Waals surface area contributed by atoms with Gasteiger partial charge in [0.05, 0.1) is 6.54 Å². The maximum atomic E-state index is 12.4. The lowest BCUT2D eigenvalue weighted by Crippen LogP contribution is -2.48. The van der Waals surface area contributed by atoms with Gasteiger partial charge in [-0.3, -0.25) is 9.69 Å². The van der Waals surface area contributed by atoms with Crippen LogP contribution < -0.4 is 10.6 Å². The Morgan fingerprint density at radius 3 is 2.89 bits per heavy atom. The van der Waals surface area contributed by atoms with Gasteiger partial charge in [-0.2, -0.15) is 0 Å². The molecule has 2 fully saturated rings. The lowest BCUT2D eigenvalue weighted by atomic mass is 9.99. The van der Waals surface area contributed by atoms with E-state index < -0.39 is 5.54 Å². The van der Waals surface area contributed by atoms with Gasteiger partial charge in [-0.15, -0.1) is 0 Å². The van der Waals surface area contributed by atoms with Gasteiger partial charge >= 0.3 is 6.03 Å². The Morgan fingerprint density at radius 1 is 1.37 bits per heavy atom. The first-order valence-corrected chi connectivity index (χ1v) is 6.58. The third kappa shape index (κ3) is 2.09. The molecule has 2 aliphatic rings. The van der Waals surface area contributed by atoms with E-state index in [1.807, 2.05) is 12.1 Å². The average Bonchev–Trinajstić information content (AvgIpc) is 2.92. The second-order valence-electron chi connectivity index (χ2n) is 4.96. The number of benzene rings is 1. The van der Waals surface area contributed by atoms with Gasteiger partial charge in [0.2, 0.25) is 0 Å². The highest BCUT2D eigenvalue weighted by Gasteiger charge is 2.52. The monoisotopic (exact) mass is 279 g/mol. The van der Waals surface area contributed by atoms with Gasteiger partial charge in [-0.05, 0) is 30.7 Å². The summed E-state index contributed by atoms with van der Waals surface area (Å²) in [6.45, 7) is 1.51. The van der Waals surface area contributed by atoms with Crippen molar-refractivity contribution in [2.24, 2.45) is 0 Å². The van der Waals surface area contributed by atoms with Crippen molar-refractivity contribution in [2.45, 2.75) is 18.5 Å². The predicted octanol–water partition coefficient (Wildman–Crippen LogP) is 1.12. The Morgan fingerprint density at radius 2 is 2.21 bits per heavy atom. The number of imide groups is 1. The average molecular weight is 280 g/mol. The molecule has 1 aromatic rings. The number of nitrogens with one attached hydrogen (secondary N) is 2. The fraction of sp³-hybridized carbons (Fsp3) is 0.385. The summed E-state index contributed by atoms with van der Waals surface area (Å²) in [5.41, 5.74) is 0.106. The van der Waals surface area contributed by atoms with Crippen LogP contribution in [0.3, 0.4) is 0 Å². The van der Waals surface area contributed by atoms with Gasteiger partial charge in [0.1, 0.15) is 5.54 Å². The number of urea groups is 1. The molecule has 3 amide bonds. The molecule has 3 rings (SSSR count). The van der Waals surface area contributed by atoms with Crippen molar-refractivity contribution in [1.29, 1.82) is 0 Å². The summed E-state index contributed by atoms with van der Waals surface area (Å²) in [6, 6.07) is 6.86. The van der Waals surface area contributed by atoms with Crippen LogP contribution in [0.15, 0.2) is 24.3 Å². The molecule has 2 aliphatic heterocycles. The van der Waals surface area contributed by atoms with Crippen LogP contribution >= 0.6 is 11.6 Å².